The van der Waals surface area contributed by atoms with E-state index in [2.05, 4.69) is 18.5 Å². The summed E-state index contributed by atoms with van der Waals surface area (Å²) >= 11 is 0. The SMILES string of the molecule is CCCCc1nc(CCCC)n(C2CCCCC2)n1.[SnH2]. The molecule has 4 heteroatoms. The third-order valence-corrected chi connectivity index (χ3v) is 4.17. The molecule has 114 valence electrons. The van der Waals surface area contributed by atoms with Gasteiger partial charge in [0.25, 0.3) is 0 Å². The fourth-order valence-electron chi connectivity index (χ4n) is 2.97. The van der Waals surface area contributed by atoms with Crippen LogP contribution in [0.15, 0.2) is 0 Å². The summed E-state index contributed by atoms with van der Waals surface area (Å²) in [7, 11) is 0. The summed E-state index contributed by atoms with van der Waals surface area (Å²) in [4.78, 5) is 4.81. The van der Waals surface area contributed by atoms with Gasteiger partial charge in [0, 0.05) is 12.8 Å². The van der Waals surface area contributed by atoms with Gasteiger partial charge in [0.2, 0.25) is 0 Å². The number of rotatable bonds is 7. The molecule has 0 N–H and O–H groups in total. The number of nitrogens with zero attached hydrogens (tertiary/aromatic N) is 3. The molecule has 0 atom stereocenters. The summed E-state index contributed by atoms with van der Waals surface area (Å²) in [5.41, 5.74) is 0. The van der Waals surface area contributed by atoms with Gasteiger partial charge in [-0.05, 0) is 25.7 Å². The monoisotopic (exact) mass is 385 g/mol. The molecule has 0 unspecified atom stereocenters. The Morgan fingerprint density at radius 2 is 1.65 bits per heavy atom. The van der Waals surface area contributed by atoms with Crippen LogP contribution in [-0.4, -0.2) is 38.7 Å². The van der Waals surface area contributed by atoms with Crippen molar-refractivity contribution in [3.8, 4) is 0 Å². The van der Waals surface area contributed by atoms with Gasteiger partial charge >= 0.3 is 23.9 Å². The van der Waals surface area contributed by atoms with Crippen LogP contribution in [-0.2, 0) is 12.8 Å². The Morgan fingerprint density at radius 1 is 1.00 bits per heavy atom. The van der Waals surface area contributed by atoms with Crippen LogP contribution in [0.1, 0.15) is 89.3 Å². The zero-order valence-corrected chi connectivity index (χ0v) is 17.4. The van der Waals surface area contributed by atoms with Gasteiger partial charge < -0.3 is 0 Å². The van der Waals surface area contributed by atoms with Crippen LogP contribution in [0, 0.1) is 0 Å². The Hall–Kier alpha value is -0.0613. The van der Waals surface area contributed by atoms with Crippen molar-refractivity contribution in [1.82, 2.24) is 14.8 Å². The van der Waals surface area contributed by atoms with E-state index in [1.165, 1.54) is 63.6 Å². The second-order valence-electron chi connectivity index (χ2n) is 5.89. The summed E-state index contributed by atoms with van der Waals surface area (Å²) in [5.74, 6) is 2.33. The quantitative estimate of drug-likeness (QED) is 0.674. The van der Waals surface area contributed by atoms with E-state index in [9.17, 15) is 0 Å². The summed E-state index contributed by atoms with van der Waals surface area (Å²) < 4.78 is 2.29. The van der Waals surface area contributed by atoms with Gasteiger partial charge in [-0.25, -0.2) is 9.67 Å². The molecule has 1 aromatic rings. The molecule has 3 nitrogen and oxygen atoms in total. The number of aromatic nitrogens is 3. The van der Waals surface area contributed by atoms with E-state index in [0.717, 1.165) is 18.7 Å². The van der Waals surface area contributed by atoms with E-state index in [4.69, 9.17) is 10.1 Å². The number of hydrogen-bond donors (Lipinski definition) is 0. The average Bonchev–Trinajstić information content (AvgIpc) is 2.87. The van der Waals surface area contributed by atoms with Gasteiger partial charge in [0.1, 0.15) is 5.82 Å². The van der Waals surface area contributed by atoms with Crippen LogP contribution in [0.2, 0.25) is 0 Å². The van der Waals surface area contributed by atoms with Crippen molar-refractivity contribution in [2.24, 2.45) is 0 Å². The summed E-state index contributed by atoms with van der Waals surface area (Å²) in [6.45, 7) is 4.48. The first-order chi connectivity index (χ1) is 9.35. The van der Waals surface area contributed by atoms with E-state index >= 15 is 0 Å². The van der Waals surface area contributed by atoms with E-state index in [1.54, 1.807) is 0 Å². The Labute approximate surface area is 140 Å². The van der Waals surface area contributed by atoms with Crippen molar-refractivity contribution in [2.75, 3.05) is 0 Å². The van der Waals surface area contributed by atoms with Gasteiger partial charge in [-0.2, -0.15) is 5.10 Å². The minimum atomic E-state index is 0. The maximum atomic E-state index is 4.83. The first-order valence-corrected chi connectivity index (χ1v) is 8.29. The van der Waals surface area contributed by atoms with E-state index < -0.39 is 0 Å². The zero-order valence-electron chi connectivity index (χ0n) is 13.4. The normalized spacial score (nSPS) is 16.1. The molecule has 1 aliphatic rings. The minimum absolute atomic E-state index is 0. The van der Waals surface area contributed by atoms with Crippen LogP contribution in [0.3, 0.4) is 0 Å². The Bertz CT molecular complexity index is 370. The molecule has 0 bridgehead atoms. The molecule has 1 heterocycles. The second-order valence-corrected chi connectivity index (χ2v) is 5.89. The first-order valence-electron chi connectivity index (χ1n) is 8.29. The maximum absolute atomic E-state index is 4.83. The molecule has 1 fully saturated rings. The van der Waals surface area contributed by atoms with Crippen molar-refractivity contribution >= 4 is 23.9 Å². The van der Waals surface area contributed by atoms with Crippen molar-refractivity contribution in [3.05, 3.63) is 11.6 Å². The van der Waals surface area contributed by atoms with Crippen molar-refractivity contribution in [3.63, 3.8) is 0 Å². The first kappa shape index (κ1) is 18.0. The Kier molecular flexibility index (Phi) is 8.81. The molecule has 20 heavy (non-hydrogen) atoms. The molecule has 0 spiro atoms. The van der Waals surface area contributed by atoms with Gasteiger partial charge in [0.05, 0.1) is 6.04 Å². The number of unbranched alkanes of at least 4 members (excludes halogenated alkanes) is 2. The fraction of sp³-hybridized carbons (Fsp3) is 0.875. The third-order valence-electron chi connectivity index (χ3n) is 4.17. The van der Waals surface area contributed by atoms with Crippen LogP contribution < -0.4 is 0 Å². The molecule has 1 aliphatic carbocycles. The Morgan fingerprint density at radius 3 is 2.30 bits per heavy atom. The number of hydrogen-bond acceptors (Lipinski definition) is 2. The number of aryl methyl sites for hydroxylation is 2. The van der Waals surface area contributed by atoms with E-state index in [0.29, 0.717) is 6.04 Å². The molecule has 0 aliphatic heterocycles. The van der Waals surface area contributed by atoms with Crippen LogP contribution in [0.25, 0.3) is 0 Å². The van der Waals surface area contributed by atoms with E-state index in [1.807, 2.05) is 0 Å². The van der Waals surface area contributed by atoms with Gasteiger partial charge in [-0.3, -0.25) is 0 Å². The van der Waals surface area contributed by atoms with Crippen molar-refractivity contribution < 1.29 is 0 Å². The summed E-state index contributed by atoms with van der Waals surface area (Å²) in [5, 5.41) is 4.83. The predicted molar refractivity (Wildman–Crippen MR) is 87.9 cm³/mol. The molecule has 1 aromatic heterocycles. The topological polar surface area (TPSA) is 30.7 Å². The summed E-state index contributed by atoms with van der Waals surface area (Å²) in [6, 6.07) is 0.628. The Balaban J connectivity index is 0.00000200. The predicted octanol–water partition coefficient (Wildman–Crippen LogP) is 3.55. The molecule has 0 saturated heterocycles. The van der Waals surface area contributed by atoms with Crippen LogP contribution in [0.4, 0.5) is 0 Å². The summed E-state index contributed by atoms with van der Waals surface area (Å²) in [6.07, 6.45) is 13.8. The molecular formula is C16H31N3Sn. The standard InChI is InChI=1S/C16H29N3.Sn.2H/c1-3-5-12-15-17-16(13-6-4-2)19(18-15)14-10-8-7-9-11-14;;;/h14H,3-13H2,1-2H3;;;. The molecule has 0 amide bonds. The molecule has 2 radical (unpaired) electrons. The fourth-order valence-corrected chi connectivity index (χ4v) is 2.97. The average molecular weight is 384 g/mol. The van der Waals surface area contributed by atoms with Crippen LogP contribution in [0.5, 0.6) is 0 Å². The molecule has 1 saturated carbocycles. The van der Waals surface area contributed by atoms with Crippen molar-refractivity contribution in [1.29, 1.82) is 0 Å². The van der Waals surface area contributed by atoms with Crippen molar-refractivity contribution in [2.45, 2.75) is 90.5 Å². The molecule has 2 rings (SSSR count). The van der Waals surface area contributed by atoms with Gasteiger partial charge in [0.15, 0.2) is 5.82 Å². The molecular weight excluding hydrogens is 353 g/mol. The van der Waals surface area contributed by atoms with Crippen LogP contribution >= 0.6 is 0 Å². The van der Waals surface area contributed by atoms with E-state index in [-0.39, 0.29) is 23.9 Å². The third kappa shape index (κ3) is 5.05. The second kappa shape index (κ2) is 9.80. The van der Waals surface area contributed by atoms with Gasteiger partial charge in [-0.15, -0.1) is 0 Å². The van der Waals surface area contributed by atoms with Gasteiger partial charge in [-0.1, -0.05) is 46.0 Å². The zero-order chi connectivity index (χ0) is 13.5. The molecule has 0 aromatic carbocycles.